The molecule has 2 rings (SSSR count). The molecule has 0 spiro atoms. The predicted octanol–water partition coefficient (Wildman–Crippen LogP) is 4.19. The molecular formula is C20H28N2O. The van der Waals surface area contributed by atoms with E-state index in [4.69, 9.17) is 0 Å². The average molecular weight is 312 g/mol. The summed E-state index contributed by atoms with van der Waals surface area (Å²) >= 11 is 0. The van der Waals surface area contributed by atoms with Crippen molar-refractivity contribution in [1.29, 1.82) is 5.26 Å². The Hall–Kier alpha value is -1.82. The fourth-order valence-electron chi connectivity index (χ4n) is 3.54. The highest BCUT2D eigenvalue weighted by Crippen LogP contribution is 2.35. The minimum Gasteiger partial charge on any atom is -0.338 e. The lowest BCUT2D eigenvalue weighted by Crippen LogP contribution is -2.41. The van der Waals surface area contributed by atoms with Gasteiger partial charge in [0.25, 0.3) is 0 Å². The van der Waals surface area contributed by atoms with Gasteiger partial charge in [-0.2, -0.15) is 5.26 Å². The Labute approximate surface area is 140 Å². The summed E-state index contributed by atoms with van der Waals surface area (Å²) < 4.78 is 0. The summed E-state index contributed by atoms with van der Waals surface area (Å²) in [7, 11) is 0. The molecule has 124 valence electrons. The number of amides is 1. The number of carbonyl (C=O) groups excluding carboxylic acids is 1. The average Bonchev–Trinajstić information content (AvgIpc) is 2.69. The molecule has 3 nitrogen and oxygen atoms in total. The predicted molar refractivity (Wildman–Crippen MR) is 92.7 cm³/mol. The van der Waals surface area contributed by atoms with Crippen molar-refractivity contribution in [2.75, 3.05) is 6.54 Å². The summed E-state index contributed by atoms with van der Waals surface area (Å²) in [5.41, 5.74) is 1.43. The minimum absolute atomic E-state index is 0.00591. The summed E-state index contributed by atoms with van der Waals surface area (Å²) in [6, 6.07) is 12.4. The number of nitriles is 1. The number of benzene rings is 1. The molecule has 0 unspecified atom stereocenters. The van der Waals surface area contributed by atoms with Gasteiger partial charge in [-0.3, -0.25) is 4.79 Å². The highest BCUT2D eigenvalue weighted by Gasteiger charge is 2.32. The molecule has 1 fully saturated rings. The summed E-state index contributed by atoms with van der Waals surface area (Å²) in [4.78, 5) is 14.6. The standard InChI is InChI=1S/C20H28N2O/c1-20(2,3)17-9-10-19(23)22(14-12-17)18(11-13-21)15-16-7-5-4-6-8-16/h4-8,17-18H,9-12,14-15H2,1-3H3/t17-,18+/m0/s1. The molecule has 0 aliphatic carbocycles. The van der Waals surface area contributed by atoms with Gasteiger partial charge in [0.1, 0.15) is 0 Å². The zero-order valence-corrected chi connectivity index (χ0v) is 14.6. The van der Waals surface area contributed by atoms with Crippen LogP contribution in [0, 0.1) is 22.7 Å². The molecule has 1 aromatic carbocycles. The van der Waals surface area contributed by atoms with Crippen LogP contribution in [0.4, 0.5) is 0 Å². The second-order valence-electron chi connectivity index (χ2n) is 7.68. The Morgan fingerprint density at radius 3 is 2.57 bits per heavy atom. The van der Waals surface area contributed by atoms with Crippen molar-refractivity contribution in [3.05, 3.63) is 35.9 Å². The largest absolute Gasteiger partial charge is 0.338 e. The maximum Gasteiger partial charge on any atom is 0.222 e. The molecule has 1 aromatic rings. The highest BCUT2D eigenvalue weighted by atomic mass is 16.2. The van der Waals surface area contributed by atoms with Crippen LogP contribution in [-0.4, -0.2) is 23.4 Å². The van der Waals surface area contributed by atoms with Gasteiger partial charge in [-0.05, 0) is 36.2 Å². The SMILES string of the molecule is CC(C)(C)[C@H]1CCC(=O)N([C@H](CC#N)Cc2ccccc2)CC1. The normalized spacial score (nSPS) is 20.7. The third kappa shape index (κ3) is 4.82. The number of carbonyl (C=O) groups is 1. The van der Waals surface area contributed by atoms with Crippen LogP contribution in [0.5, 0.6) is 0 Å². The van der Waals surface area contributed by atoms with Gasteiger partial charge in [0.05, 0.1) is 12.5 Å². The molecule has 1 heterocycles. The smallest absolute Gasteiger partial charge is 0.222 e. The number of hydrogen-bond acceptors (Lipinski definition) is 2. The molecule has 0 N–H and O–H groups in total. The fraction of sp³-hybridized carbons (Fsp3) is 0.600. The topological polar surface area (TPSA) is 44.1 Å². The summed E-state index contributed by atoms with van der Waals surface area (Å²) in [6.07, 6.45) is 3.77. The van der Waals surface area contributed by atoms with Crippen LogP contribution in [0.25, 0.3) is 0 Å². The third-order valence-corrected chi connectivity index (χ3v) is 5.05. The van der Waals surface area contributed by atoms with Crippen molar-refractivity contribution < 1.29 is 4.79 Å². The Bertz CT molecular complexity index is 553. The van der Waals surface area contributed by atoms with E-state index in [1.54, 1.807) is 0 Å². The fourth-order valence-corrected chi connectivity index (χ4v) is 3.54. The van der Waals surface area contributed by atoms with E-state index in [1.807, 2.05) is 23.1 Å². The van der Waals surface area contributed by atoms with E-state index in [-0.39, 0.29) is 17.4 Å². The van der Waals surface area contributed by atoms with Gasteiger partial charge in [-0.25, -0.2) is 0 Å². The van der Waals surface area contributed by atoms with Crippen molar-refractivity contribution in [3.63, 3.8) is 0 Å². The zero-order chi connectivity index (χ0) is 16.9. The van der Waals surface area contributed by atoms with Crippen LogP contribution in [0.1, 0.15) is 52.0 Å². The summed E-state index contributed by atoms with van der Waals surface area (Å²) in [6.45, 7) is 7.55. The molecule has 0 radical (unpaired) electrons. The Morgan fingerprint density at radius 1 is 1.26 bits per heavy atom. The summed E-state index contributed by atoms with van der Waals surface area (Å²) in [5.74, 6) is 0.781. The van der Waals surface area contributed by atoms with E-state index in [0.717, 1.165) is 25.8 Å². The quantitative estimate of drug-likeness (QED) is 0.837. The van der Waals surface area contributed by atoms with Crippen LogP contribution >= 0.6 is 0 Å². The zero-order valence-electron chi connectivity index (χ0n) is 14.6. The first-order valence-corrected chi connectivity index (χ1v) is 8.62. The summed E-state index contributed by atoms with van der Waals surface area (Å²) in [5, 5.41) is 9.20. The third-order valence-electron chi connectivity index (χ3n) is 5.05. The van der Waals surface area contributed by atoms with Gasteiger partial charge < -0.3 is 4.90 Å². The molecule has 0 bridgehead atoms. The Balaban J connectivity index is 2.12. The maximum absolute atomic E-state index is 12.6. The van der Waals surface area contributed by atoms with E-state index in [2.05, 4.69) is 39.0 Å². The molecule has 1 aliphatic rings. The van der Waals surface area contributed by atoms with Crippen LogP contribution < -0.4 is 0 Å². The van der Waals surface area contributed by atoms with Gasteiger partial charge in [-0.1, -0.05) is 51.1 Å². The van der Waals surface area contributed by atoms with Crippen LogP contribution in [0.2, 0.25) is 0 Å². The van der Waals surface area contributed by atoms with Gasteiger partial charge in [0, 0.05) is 19.0 Å². The molecule has 3 heteroatoms. The molecule has 2 atom stereocenters. The number of likely N-dealkylation sites (tertiary alicyclic amines) is 1. The monoisotopic (exact) mass is 312 g/mol. The number of hydrogen-bond donors (Lipinski definition) is 0. The van der Waals surface area contributed by atoms with E-state index in [1.165, 1.54) is 5.56 Å². The lowest BCUT2D eigenvalue weighted by atomic mass is 9.76. The van der Waals surface area contributed by atoms with Crippen LogP contribution in [-0.2, 0) is 11.2 Å². The van der Waals surface area contributed by atoms with Crippen LogP contribution in [0.15, 0.2) is 30.3 Å². The lowest BCUT2D eigenvalue weighted by Gasteiger charge is -2.32. The van der Waals surface area contributed by atoms with Crippen molar-refractivity contribution in [2.45, 2.75) is 58.9 Å². The number of nitrogens with zero attached hydrogens (tertiary/aromatic N) is 2. The second kappa shape index (κ2) is 7.64. The maximum atomic E-state index is 12.6. The van der Waals surface area contributed by atoms with Crippen molar-refractivity contribution in [3.8, 4) is 6.07 Å². The van der Waals surface area contributed by atoms with Crippen molar-refractivity contribution in [2.24, 2.45) is 11.3 Å². The highest BCUT2D eigenvalue weighted by molar-refractivity contribution is 5.76. The molecule has 0 aromatic heterocycles. The molecule has 1 aliphatic heterocycles. The first-order chi connectivity index (χ1) is 10.9. The van der Waals surface area contributed by atoms with Gasteiger partial charge in [-0.15, -0.1) is 0 Å². The van der Waals surface area contributed by atoms with Crippen molar-refractivity contribution >= 4 is 5.91 Å². The molecule has 1 saturated heterocycles. The van der Waals surface area contributed by atoms with Crippen LogP contribution in [0.3, 0.4) is 0 Å². The van der Waals surface area contributed by atoms with Gasteiger partial charge in [0.2, 0.25) is 5.91 Å². The lowest BCUT2D eigenvalue weighted by molar-refractivity contribution is -0.132. The molecule has 0 saturated carbocycles. The molecule has 23 heavy (non-hydrogen) atoms. The van der Waals surface area contributed by atoms with Crippen molar-refractivity contribution in [1.82, 2.24) is 4.90 Å². The Kier molecular flexibility index (Phi) is 5.82. The first-order valence-electron chi connectivity index (χ1n) is 8.62. The van der Waals surface area contributed by atoms with Gasteiger partial charge in [0.15, 0.2) is 0 Å². The molecular weight excluding hydrogens is 284 g/mol. The van der Waals surface area contributed by atoms with E-state index >= 15 is 0 Å². The van der Waals surface area contributed by atoms with E-state index in [9.17, 15) is 10.1 Å². The minimum atomic E-state index is -0.00591. The van der Waals surface area contributed by atoms with Gasteiger partial charge >= 0.3 is 0 Å². The molecule has 1 amide bonds. The van der Waals surface area contributed by atoms with E-state index in [0.29, 0.717) is 18.8 Å². The number of rotatable bonds is 4. The Morgan fingerprint density at radius 2 is 1.96 bits per heavy atom. The second-order valence-corrected chi connectivity index (χ2v) is 7.68. The first kappa shape index (κ1) is 17.5. The van der Waals surface area contributed by atoms with E-state index < -0.39 is 0 Å².